The standard InChI is InChI=1S/C10H12N/c1-4-9-7-5-6-8-10(9)11(2)3/h5-8H,1H2,2-3H3. The molecule has 0 atom stereocenters. The topological polar surface area (TPSA) is 3.24 Å². The lowest BCUT2D eigenvalue weighted by Crippen LogP contribution is -2.09. The second-order valence-electron chi connectivity index (χ2n) is 2.59. The van der Waals surface area contributed by atoms with E-state index in [4.69, 9.17) is 0 Å². The van der Waals surface area contributed by atoms with E-state index in [1.165, 1.54) is 0 Å². The summed E-state index contributed by atoms with van der Waals surface area (Å²) < 4.78 is 0. The Kier molecular flexibility index (Phi) is 2.32. The van der Waals surface area contributed by atoms with Gasteiger partial charge in [0.2, 0.25) is 0 Å². The average molecular weight is 146 g/mol. The van der Waals surface area contributed by atoms with E-state index in [0.717, 1.165) is 11.3 Å². The largest absolute Gasteiger partial charge is 0.377 e. The molecule has 11 heavy (non-hydrogen) atoms. The molecule has 1 nitrogen and oxygen atoms in total. The fourth-order valence-electron chi connectivity index (χ4n) is 1.01. The highest BCUT2D eigenvalue weighted by Gasteiger charge is 1.97. The summed E-state index contributed by atoms with van der Waals surface area (Å²) in [5, 5.41) is 0. The molecule has 0 aliphatic rings. The molecule has 1 aromatic rings. The first kappa shape index (κ1) is 7.86. The molecular weight excluding hydrogens is 134 g/mol. The van der Waals surface area contributed by atoms with Gasteiger partial charge in [0.05, 0.1) is 0 Å². The highest BCUT2D eigenvalue weighted by atomic mass is 15.1. The molecule has 57 valence electrons. The van der Waals surface area contributed by atoms with E-state index in [9.17, 15) is 0 Å². The van der Waals surface area contributed by atoms with E-state index in [1.54, 1.807) is 0 Å². The minimum atomic E-state index is 1.05. The highest BCUT2D eigenvalue weighted by molar-refractivity contribution is 5.54. The van der Waals surface area contributed by atoms with Gasteiger partial charge in [-0.2, -0.15) is 0 Å². The van der Waals surface area contributed by atoms with Crippen LogP contribution in [0, 0.1) is 6.08 Å². The van der Waals surface area contributed by atoms with Crippen LogP contribution in [0.2, 0.25) is 0 Å². The van der Waals surface area contributed by atoms with Gasteiger partial charge in [-0.05, 0) is 12.1 Å². The smallest absolute Gasteiger partial charge is 0.0440 e. The molecule has 1 radical (unpaired) electrons. The first-order chi connectivity index (χ1) is 5.25. The molecule has 0 amide bonds. The van der Waals surface area contributed by atoms with E-state index in [1.807, 2.05) is 43.3 Å². The maximum absolute atomic E-state index is 3.62. The number of hydrogen-bond donors (Lipinski definition) is 0. The van der Waals surface area contributed by atoms with Gasteiger partial charge in [-0.1, -0.05) is 24.8 Å². The van der Waals surface area contributed by atoms with E-state index in [2.05, 4.69) is 12.7 Å². The Morgan fingerprint density at radius 2 is 1.91 bits per heavy atom. The summed E-state index contributed by atoms with van der Waals surface area (Å²) in [5.41, 5.74) is 2.21. The summed E-state index contributed by atoms with van der Waals surface area (Å²) in [6, 6.07) is 8.05. The Morgan fingerprint density at radius 1 is 1.27 bits per heavy atom. The summed E-state index contributed by atoms with van der Waals surface area (Å²) in [4.78, 5) is 2.05. The van der Waals surface area contributed by atoms with Crippen LogP contribution in [0.4, 0.5) is 5.69 Å². The van der Waals surface area contributed by atoms with Gasteiger partial charge < -0.3 is 4.90 Å². The minimum Gasteiger partial charge on any atom is -0.377 e. The lowest BCUT2D eigenvalue weighted by Gasteiger charge is -2.14. The lowest BCUT2D eigenvalue weighted by molar-refractivity contribution is 1.12. The number of para-hydroxylation sites is 1. The van der Waals surface area contributed by atoms with Crippen molar-refractivity contribution in [2.75, 3.05) is 19.0 Å². The molecule has 0 fully saturated rings. The normalized spacial score (nSPS) is 9.27. The van der Waals surface area contributed by atoms with Crippen molar-refractivity contribution in [1.82, 2.24) is 0 Å². The van der Waals surface area contributed by atoms with Crippen molar-refractivity contribution in [3.63, 3.8) is 0 Å². The van der Waals surface area contributed by atoms with Gasteiger partial charge in [-0.3, -0.25) is 0 Å². The molecule has 0 aliphatic carbocycles. The molecule has 0 unspecified atom stereocenters. The van der Waals surface area contributed by atoms with Crippen LogP contribution in [0.25, 0.3) is 0 Å². The summed E-state index contributed by atoms with van der Waals surface area (Å²) in [6.07, 6.45) is 2.89. The van der Waals surface area contributed by atoms with Crippen LogP contribution >= 0.6 is 0 Å². The number of anilines is 1. The maximum Gasteiger partial charge on any atom is 0.0440 e. The number of hydrogen-bond acceptors (Lipinski definition) is 1. The van der Waals surface area contributed by atoms with Crippen LogP contribution < -0.4 is 4.90 Å². The maximum atomic E-state index is 3.62. The molecule has 1 heteroatoms. The zero-order valence-electron chi connectivity index (χ0n) is 6.96. The molecule has 1 aromatic carbocycles. The van der Waals surface area contributed by atoms with Gasteiger partial charge in [0, 0.05) is 25.3 Å². The Hall–Kier alpha value is -1.24. The van der Waals surface area contributed by atoms with Crippen LogP contribution in [0.15, 0.2) is 30.8 Å². The van der Waals surface area contributed by atoms with Gasteiger partial charge in [0.15, 0.2) is 0 Å². The SMILES string of the molecule is C=[C]c1ccccc1N(C)C. The second kappa shape index (κ2) is 3.24. The molecule has 1 rings (SSSR count). The summed E-state index contributed by atoms with van der Waals surface area (Å²) in [6.45, 7) is 3.62. The quantitative estimate of drug-likeness (QED) is 0.617. The Balaban J connectivity index is 3.12. The van der Waals surface area contributed by atoms with E-state index in [0.29, 0.717) is 0 Å². The van der Waals surface area contributed by atoms with Crippen LogP contribution in [0.3, 0.4) is 0 Å². The first-order valence-electron chi connectivity index (χ1n) is 3.55. The summed E-state index contributed by atoms with van der Waals surface area (Å²) in [7, 11) is 4.02. The molecule has 0 heterocycles. The van der Waals surface area contributed by atoms with Gasteiger partial charge >= 0.3 is 0 Å². The lowest BCUT2D eigenvalue weighted by atomic mass is 10.1. The van der Waals surface area contributed by atoms with Gasteiger partial charge in [-0.25, -0.2) is 0 Å². The molecular formula is C10H12N. The molecule has 0 aliphatic heterocycles. The Bertz CT molecular complexity index is 251. The monoisotopic (exact) mass is 146 g/mol. The van der Waals surface area contributed by atoms with Crippen molar-refractivity contribution < 1.29 is 0 Å². The zero-order chi connectivity index (χ0) is 8.27. The van der Waals surface area contributed by atoms with Gasteiger partial charge in [-0.15, -0.1) is 0 Å². The zero-order valence-corrected chi connectivity index (χ0v) is 6.96. The molecule has 0 bridgehead atoms. The average Bonchev–Trinajstić information content (AvgIpc) is 2.04. The fraction of sp³-hybridized carbons (Fsp3) is 0.200. The molecule has 0 saturated carbocycles. The van der Waals surface area contributed by atoms with E-state index in [-0.39, 0.29) is 0 Å². The Morgan fingerprint density at radius 3 is 2.36 bits per heavy atom. The number of rotatable bonds is 2. The highest BCUT2D eigenvalue weighted by Crippen LogP contribution is 2.16. The van der Waals surface area contributed by atoms with Crippen LogP contribution in [-0.4, -0.2) is 14.1 Å². The number of benzene rings is 1. The fourth-order valence-corrected chi connectivity index (χ4v) is 1.01. The van der Waals surface area contributed by atoms with Crippen molar-refractivity contribution in [3.05, 3.63) is 42.5 Å². The molecule has 0 saturated heterocycles. The van der Waals surface area contributed by atoms with Crippen LogP contribution in [0.1, 0.15) is 5.56 Å². The van der Waals surface area contributed by atoms with Gasteiger partial charge in [0.1, 0.15) is 0 Å². The third-order valence-corrected chi connectivity index (χ3v) is 1.58. The first-order valence-corrected chi connectivity index (χ1v) is 3.55. The van der Waals surface area contributed by atoms with Crippen molar-refractivity contribution in [1.29, 1.82) is 0 Å². The number of nitrogens with zero attached hydrogens (tertiary/aromatic N) is 1. The Labute approximate surface area is 68.0 Å². The van der Waals surface area contributed by atoms with Gasteiger partial charge in [0.25, 0.3) is 0 Å². The van der Waals surface area contributed by atoms with Crippen molar-refractivity contribution in [2.24, 2.45) is 0 Å². The molecule has 0 N–H and O–H groups in total. The van der Waals surface area contributed by atoms with Crippen LogP contribution in [-0.2, 0) is 0 Å². The van der Waals surface area contributed by atoms with E-state index >= 15 is 0 Å². The predicted molar refractivity (Wildman–Crippen MR) is 48.7 cm³/mol. The van der Waals surface area contributed by atoms with Crippen molar-refractivity contribution in [2.45, 2.75) is 0 Å². The third kappa shape index (κ3) is 1.61. The summed E-state index contributed by atoms with van der Waals surface area (Å²) in [5.74, 6) is 0. The molecule has 0 aromatic heterocycles. The third-order valence-electron chi connectivity index (χ3n) is 1.58. The second-order valence-corrected chi connectivity index (χ2v) is 2.59. The minimum absolute atomic E-state index is 1.05. The molecule has 0 spiro atoms. The predicted octanol–water partition coefficient (Wildman–Crippen LogP) is 2.09. The van der Waals surface area contributed by atoms with Crippen LogP contribution in [0.5, 0.6) is 0 Å². The van der Waals surface area contributed by atoms with E-state index < -0.39 is 0 Å². The van der Waals surface area contributed by atoms with Crippen molar-refractivity contribution >= 4 is 5.69 Å². The van der Waals surface area contributed by atoms with Crippen molar-refractivity contribution in [3.8, 4) is 0 Å². The summed E-state index contributed by atoms with van der Waals surface area (Å²) >= 11 is 0.